The normalized spacial score (nSPS) is 30.4. The summed E-state index contributed by atoms with van der Waals surface area (Å²) in [7, 11) is 0. The summed E-state index contributed by atoms with van der Waals surface area (Å²) in [5.41, 5.74) is 0.707. The van der Waals surface area contributed by atoms with Crippen LogP contribution in [-0.2, 0) is 14.3 Å². The van der Waals surface area contributed by atoms with E-state index in [4.69, 9.17) is 9.47 Å². The van der Waals surface area contributed by atoms with Crippen molar-refractivity contribution in [2.75, 3.05) is 0 Å². The van der Waals surface area contributed by atoms with Gasteiger partial charge in [0.15, 0.2) is 0 Å². The highest BCUT2D eigenvalue weighted by Gasteiger charge is 2.37. The molecule has 1 aromatic carbocycles. The van der Waals surface area contributed by atoms with Gasteiger partial charge < -0.3 is 9.47 Å². The van der Waals surface area contributed by atoms with Gasteiger partial charge in [-0.15, -0.1) is 0 Å². The van der Waals surface area contributed by atoms with E-state index in [0.29, 0.717) is 6.42 Å². The van der Waals surface area contributed by atoms with Crippen LogP contribution < -0.4 is 0 Å². The van der Waals surface area contributed by atoms with Crippen LogP contribution in [0.4, 0.5) is 0 Å². The number of ether oxygens (including phenoxy) is 2. The summed E-state index contributed by atoms with van der Waals surface area (Å²) in [6.45, 7) is 5.46. The van der Waals surface area contributed by atoms with Crippen LogP contribution in [0.5, 0.6) is 0 Å². The minimum Gasteiger partial charge on any atom is -0.459 e. The zero-order valence-corrected chi connectivity index (χ0v) is 12.3. The average molecular weight is 274 g/mol. The minimum atomic E-state index is -0.435. The van der Waals surface area contributed by atoms with E-state index < -0.39 is 5.60 Å². The number of benzene rings is 1. The summed E-state index contributed by atoms with van der Waals surface area (Å²) in [5, 5.41) is 0. The van der Waals surface area contributed by atoms with Gasteiger partial charge in [0, 0.05) is 19.8 Å². The fraction of sp³-hybridized carbons (Fsp3) is 0.471. The van der Waals surface area contributed by atoms with Gasteiger partial charge in [0.1, 0.15) is 5.60 Å². The fourth-order valence-electron chi connectivity index (χ4n) is 2.84. The molecule has 108 valence electrons. The maximum Gasteiger partial charge on any atom is 0.303 e. The Morgan fingerprint density at radius 2 is 2.05 bits per heavy atom. The van der Waals surface area contributed by atoms with Gasteiger partial charge in [-0.1, -0.05) is 42.5 Å². The van der Waals surface area contributed by atoms with E-state index in [1.807, 2.05) is 50.3 Å². The number of hydrogen-bond donors (Lipinski definition) is 0. The molecule has 1 aliphatic heterocycles. The monoisotopic (exact) mass is 274 g/mol. The van der Waals surface area contributed by atoms with Gasteiger partial charge in [-0.3, -0.25) is 4.79 Å². The van der Waals surface area contributed by atoms with E-state index in [9.17, 15) is 4.79 Å². The zero-order chi connectivity index (χ0) is 14.6. The molecular formula is C17H22O3. The molecule has 1 aromatic rings. The Morgan fingerprint density at radius 1 is 1.35 bits per heavy atom. The van der Waals surface area contributed by atoms with Gasteiger partial charge in [-0.05, 0) is 19.4 Å². The molecule has 0 spiro atoms. The number of carbonyl (C=O) groups is 1. The predicted octanol–water partition coefficient (Wildman–Crippen LogP) is 3.59. The molecule has 0 aliphatic carbocycles. The number of carbonyl (C=O) groups excluding carboxylic acids is 1. The third kappa shape index (κ3) is 4.20. The van der Waals surface area contributed by atoms with Crippen LogP contribution in [0.15, 0.2) is 36.4 Å². The van der Waals surface area contributed by atoms with E-state index in [2.05, 4.69) is 6.08 Å². The molecule has 0 unspecified atom stereocenters. The molecular weight excluding hydrogens is 252 g/mol. The zero-order valence-electron chi connectivity index (χ0n) is 12.3. The Balaban J connectivity index is 2.04. The standard InChI is InChI=1S/C17H22O3/c1-13-11-17(3,20-14(2)18)12-16(19-13)10-9-15-7-5-4-6-8-15/h4-10,13,16H,11-12H2,1-3H3/b10-9+/t13-,16+,17-/m1/s1. The Labute approximate surface area is 120 Å². The topological polar surface area (TPSA) is 35.5 Å². The molecule has 1 saturated heterocycles. The largest absolute Gasteiger partial charge is 0.459 e. The fourth-order valence-corrected chi connectivity index (χ4v) is 2.84. The van der Waals surface area contributed by atoms with Crippen LogP contribution in [-0.4, -0.2) is 23.8 Å². The van der Waals surface area contributed by atoms with Gasteiger partial charge in [0.2, 0.25) is 0 Å². The van der Waals surface area contributed by atoms with E-state index in [-0.39, 0.29) is 18.2 Å². The first-order valence-corrected chi connectivity index (χ1v) is 7.05. The van der Waals surface area contributed by atoms with Crippen molar-refractivity contribution >= 4 is 12.0 Å². The van der Waals surface area contributed by atoms with Crippen molar-refractivity contribution in [2.45, 2.75) is 51.4 Å². The molecule has 1 aliphatic rings. The predicted molar refractivity (Wildman–Crippen MR) is 79.2 cm³/mol. The van der Waals surface area contributed by atoms with Crippen LogP contribution >= 0.6 is 0 Å². The third-order valence-corrected chi connectivity index (χ3v) is 3.45. The van der Waals surface area contributed by atoms with Gasteiger partial charge in [-0.2, -0.15) is 0 Å². The van der Waals surface area contributed by atoms with Crippen LogP contribution in [0, 0.1) is 0 Å². The van der Waals surface area contributed by atoms with Gasteiger partial charge in [0.05, 0.1) is 12.2 Å². The lowest BCUT2D eigenvalue weighted by Gasteiger charge is -2.39. The van der Waals surface area contributed by atoms with E-state index in [0.717, 1.165) is 12.0 Å². The lowest BCUT2D eigenvalue weighted by molar-refractivity contribution is -0.174. The van der Waals surface area contributed by atoms with Crippen LogP contribution in [0.1, 0.15) is 39.2 Å². The lowest BCUT2D eigenvalue weighted by atomic mass is 9.88. The minimum absolute atomic E-state index is 0.0247. The summed E-state index contributed by atoms with van der Waals surface area (Å²) in [5.74, 6) is -0.229. The second-order valence-electron chi connectivity index (χ2n) is 5.71. The Kier molecular flexibility index (Phi) is 4.61. The summed E-state index contributed by atoms with van der Waals surface area (Å²) in [6.07, 6.45) is 5.59. The van der Waals surface area contributed by atoms with Crippen LogP contribution in [0.2, 0.25) is 0 Å². The molecule has 0 saturated carbocycles. The van der Waals surface area contributed by atoms with Gasteiger partial charge in [0.25, 0.3) is 0 Å². The summed E-state index contributed by atoms with van der Waals surface area (Å²) in [6, 6.07) is 10.1. The molecule has 0 bridgehead atoms. The maximum atomic E-state index is 11.2. The number of esters is 1. The third-order valence-electron chi connectivity index (χ3n) is 3.45. The van der Waals surface area contributed by atoms with Crippen molar-refractivity contribution in [3.63, 3.8) is 0 Å². The molecule has 0 aromatic heterocycles. The molecule has 0 N–H and O–H groups in total. The first-order chi connectivity index (χ1) is 9.47. The lowest BCUT2D eigenvalue weighted by Crippen LogP contribution is -2.44. The number of hydrogen-bond acceptors (Lipinski definition) is 3. The second-order valence-corrected chi connectivity index (χ2v) is 5.71. The van der Waals surface area contributed by atoms with Crippen LogP contribution in [0.3, 0.4) is 0 Å². The van der Waals surface area contributed by atoms with Crippen molar-refractivity contribution in [1.82, 2.24) is 0 Å². The molecule has 1 heterocycles. The Hall–Kier alpha value is -1.61. The highest BCUT2D eigenvalue weighted by atomic mass is 16.6. The summed E-state index contributed by atoms with van der Waals surface area (Å²) in [4.78, 5) is 11.2. The van der Waals surface area contributed by atoms with Crippen molar-refractivity contribution in [2.24, 2.45) is 0 Å². The van der Waals surface area contributed by atoms with E-state index in [1.165, 1.54) is 6.92 Å². The first-order valence-electron chi connectivity index (χ1n) is 7.05. The average Bonchev–Trinajstić information content (AvgIpc) is 2.35. The maximum absolute atomic E-state index is 11.2. The Morgan fingerprint density at radius 3 is 2.70 bits per heavy atom. The van der Waals surface area contributed by atoms with Crippen molar-refractivity contribution in [1.29, 1.82) is 0 Å². The molecule has 2 rings (SSSR count). The quantitative estimate of drug-likeness (QED) is 0.790. The molecule has 3 heteroatoms. The highest BCUT2D eigenvalue weighted by molar-refractivity contribution is 5.66. The SMILES string of the molecule is CC(=O)O[C@]1(C)C[C@@H](C)O[C@@H](/C=C/c2ccccc2)C1. The second kappa shape index (κ2) is 6.23. The number of rotatable bonds is 3. The molecule has 20 heavy (non-hydrogen) atoms. The molecule has 3 nitrogen and oxygen atoms in total. The van der Waals surface area contributed by atoms with E-state index in [1.54, 1.807) is 0 Å². The summed E-state index contributed by atoms with van der Waals surface area (Å²) >= 11 is 0. The Bertz CT molecular complexity index is 480. The summed E-state index contributed by atoms with van der Waals surface area (Å²) < 4.78 is 11.4. The van der Waals surface area contributed by atoms with Crippen molar-refractivity contribution in [3.8, 4) is 0 Å². The molecule has 0 amide bonds. The smallest absolute Gasteiger partial charge is 0.303 e. The highest BCUT2D eigenvalue weighted by Crippen LogP contribution is 2.32. The van der Waals surface area contributed by atoms with Gasteiger partial charge in [-0.25, -0.2) is 0 Å². The molecule has 3 atom stereocenters. The molecule has 0 radical (unpaired) electrons. The van der Waals surface area contributed by atoms with Crippen molar-refractivity contribution in [3.05, 3.63) is 42.0 Å². The first kappa shape index (κ1) is 14.8. The molecule has 1 fully saturated rings. The van der Waals surface area contributed by atoms with Gasteiger partial charge >= 0.3 is 5.97 Å². The van der Waals surface area contributed by atoms with E-state index >= 15 is 0 Å². The van der Waals surface area contributed by atoms with Crippen LogP contribution in [0.25, 0.3) is 6.08 Å². The van der Waals surface area contributed by atoms with Crippen molar-refractivity contribution < 1.29 is 14.3 Å².